The minimum Gasteiger partial charge on any atom is -0.369 e. The molecule has 0 unspecified atom stereocenters. The van der Waals surface area contributed by atoms with Gasteiger partial charge in [-0.25, -0.2) is 28.1 Å². The number of aliphatic imine (C=N–C) groups is 1. The van der Waals surface area contributed by atoms with Crippen LogP contribution in [-0.2, 0) is 11.2 Å². The van der Waals surface area contributed by atoms with E-state index in [0.29, 0.717) is 48.7 Å². The van der Waals surface area contributed by atoms with Gasteiger partial charge < -0.3 is 27.0 Å². The van der Waals surface area contributed by atoms with Crippen LogP contribution in [0.1, 0.15) is 44.2 Å². The number of piperidine rings is 1. The Morgan fingerprint density at radius 3 is 2.43 bits per heavy atom. The second-order valence-electron chi connectivity index (χ2n) is 11.0. The zero-order valence-electron chi connectivity index (χ0n) is 23.2. The minimum absolute atomic E-state index is 0.124. The van der Waals surface area contributed by atoms with E-state index in [1.807, 2.05) is 18.2 Å². The van der Waals surface area contributed by atoms with Crippen molar-refractivity contribution in [3.63, 3.8) is 0 Å². The van der Waals surface area contributed by atoms with Crippen LogP contribution in [0.25, 0.3) is 0 Å². The van der Waals surface area contributed by atoms with Crippen molar-refractivity contribution in [3.8, 4) is 0 Å². The van der Waals surface area contributed by atoms with Crippen LogP contribution in [0.5, 0.6) is 0 Å². The van der Waals surface area contributed by atoms with Gasteiger partial charge in [0.1, 0.15) is 17.2 Å². The first-order valence-corrected chi connectivity index (χ1v) is 14.2. The third-order valence-corrected chi connectivity index (χ3v) is 7.95. The van der Waals surface area contributed by atoms with E-state index in [0.717, 1.165) is 38.8 Å². The lowest BCUT2D eigenvalue weighted by atomic mass is 9.79. The van der Waals surface area contributed by atoms with Crippen molar-refractivity contribution in [2.24, 2.45) is 28.3 Å². The number of nitrogens with zero attached hydrogens (tertiary/aromatic N) is 4. The molecule has 42 heavy (non-hydrogen) atoms. The van der Waals surface area contributed by atoms with E-state index < -0.39 is 23.1 Å². The molecule has 12 heteroatoms. The molecule has 0 spiro atoms. The standard InChI is InChI=1S/C30H35F3N8O/c31-20-14-23(32)27(24(33)15-20)40-29(35)38-26-16-36-30(39-25(26)13-18-8-10-19(11-9-18)28(34)42)37-21-5-4-12-41(17-21)22-6-2-1-3-7-22/h1-3,6-7,14-16,18-19,21H,4-5,8-13,17H2,(H2,34,42)(H3,35,38,40)(H,36,37,39)/t18-,19+,21-/m1/s1. The largest absolute Gasteiger partial charge is 0.369 e. The number of rotatable bonds is 8. The first kappa shape index (κ1) is 29.2. The Morgan fingerprint density at radius 1 is 1.02 bits per heavy atom. The molecule has 0 bridgehead atoms. The molecule has 1 saturated heterocycles. The van der Waals surface area contributed by atoms with Gasteiger partial charge in [0.15, 0.2) is 17.6 Å². The van der Waals surface area contributed by atoms with Crippen molar-refractivity contribution >= 4 is 34.9 Å². The van der Waals surface area contributed by atoms with E-state index in [9.17, 15) is 18.0 Å². The predicted molar refractivity (Wildman–Crippen MR) is 157 cm³/mol. The van der Waals surface area contributed by atoms with Crippen molar-refractivity contribution in [1.82, 2.24) is 9.97 Å². The van der Waals surface area contributed by atoms with Gasteiger partial charge in [0.25, 0.3) is 0 Å². The number of halogens is 3. The predicted octanol–water partition coefficient (Wildman–Crippen LogP) is 4.87. The summed E-state index contributed by atoms with van der Waals surface area (Å²) < 4.78 is 41.7. The summed E-state index contributed by atoms with van der Waals surface area (Å²) in [6.07, 6.45) is 7.08. The number of aromatic nitrogens is 2. The third kappa shape index (κ3) is 7.29. The molecule has 9 nitrogen and oxygen atoms in total. The lowest BCUT2D eigenvalue weighted by Crippen LogP contribution is -2.42. The van der Waals surface area contributed by atoms with Crippen LogP contribution in [0.15, 0.2) is 53.7 Å². The molecular weight excluding hydrogens is 545 g/mol. The SMILES string of the molecule is N/C(=N\c1cnc(N[C@@H]2CCCN(c3ccccc3)C2)nc1C[C@H]1CC[C@@H](C(N)=O)CC1)Nc1c(F)cc(F)cc1F. The van der Waals surface area contributed by atoms with Gasteiger partial charge in [-0.1, -0.05) is 18.2 Å². The highest BCUT2D eigenvalue weighted by Gasteiger charge is 2.27. The number of para-hydroxylation sites is 1. The molecule has 1 aromatic heterocycles. The van der Waals surface area contributed by atoms with Crippen molar-refractivity contribution in [2.75, 3.05) is 28.6 Å². The van der Waals surface area contributed by atoms with E-state index in [2.05, 4.69) is 37.6 Å². The fourth-order valence-electron chi connectivity index (χ4n) is 5.75. The zero-order valence-corrected chi connectivity index (χ0v) is 23.2. The van der Waals surface area contributed by atoms with Gasteiger partial charge in [-0.3, -0.25) is 4.79 Å². The molecular formula is C30H35F3N8O. The Morgan fingerprint density at radius 2 is 1.74 bits per heavy atom. The number of primary amides is 1. The molecule has 5 rings (SSSR count). The van der Waals surface area contributed by atoms with Gasteiger partial charge in [-0.2, -0.15) is 0 Å². The molecule has 1 amide bonds. The van der Waals surface area contributed by atoms with Crippen molar-refractivity contribution in [2.45, 2.75) is 51.0 Å². The number of nitrogens with one attached hydrogen (secondary N) is 2. The maximum absolute atomic E-state index is 14.2. The van der Waals surface area contributed by atoms with Crippen molar-refractivity contribution < 1.29 is 18.0 Å². The van der Waals surface area contributed by atoms with Crippen molar-refractivity contribution in [1.29, 1.82) is 0 Å². The molecule has 6 N–H and O–H groups in total. The monoisotopic (exact) mass is 580 g/mol. The molecule has 2 fully saturated rings. The Hall–Kier alpha value is -4.35. The lowest BCUT2D eigenvalue weighted by Gasteiger charge is -2.34. The van der Waals surface area contributed by atoms with Crippen LogP contribution in [0.3, 0.4) is 0 Å². The zero-order chi connectivity index (χ0) is 29.6. The van der Waals surface area contributed by atoms with Crippen LogP contribution >= 0.6 is 0 Å². The molecule has 1 aliphatic carbocycles. The number of anilines is 3. The second-order valence-corrected chi connectivity index (χ2v) is 11.0. The Labute approximate surface area is 242 Å². The molecule has 1 atom stereocenters. The summed E-state index contributed by atoms with van der Waals surface area (Å²) in [4.78, 5) is 27.6. The molecule has 2 aromatic carbocycles. The summed E-state index contributed by atoms with van der Waals surface area (Å²) >= 11 is 0. The summed E-state index contributed by atoms with van der Waals surface area (Å²) in [5, 5.41) is 5.85. The number of carbonyl (C=O) groups excluding carboxylic acids is 1. The van der Waals surface area contributed by atoms with Gasteiger partial charge in [0, 0.05) is 42.9 Å². The van der Waals surface area contributed by atoms with E-state index >= 15 is 0 Å². The molecule has 1 aliphatic heterocycles. The normalized spacial score (nSPS) is 21.2. The van der Waals surface area contributed by atoms with Gasteiger partial charge in [0.05, 0.1) is 11.9 Å². The number of hydrogen-bond donors (Lipinski definition) is 4. The number of nitrogens with two attached hydrogens (primary N) is 2. The average Bonchev–Trinajstić information content (AvgIpc) is 2.97. The molecule has 2 heterocycles. The highest BCUT2D eigenvalue weighted by atomic mass is 19.1. The molecule has 222 valence electrons. The van der Waals surface area contributed by atoms with E-state index in [4.69, 9.17) is 16.5 Å². The maximum atomic E-state index is 14.2. The topological polar surface area (TPSA) is 135 Å². The van der Waals surface area contributed by atoms with Gasteiger partial charge in [-0.05, 0) is 63.0 Å². The smallest absolute Gasteiger partial charge is 0.223 e. The molecule has 0 radical (unpaired) electrons. The molecule has 2 aliphatic rings. The van der Waals surface area contributed by atoms with Crippen LogP contribution in [-0.4, -0.2) is 41.0 Å². The Bertz CT molecular complexity index is 1410. The summed E-state index contributed by atoms with van der Waals surface area (Å²) in [6, 6.07) is 11.5. The molecule has 1 saturated carbocycles. The number of amides is 1. The number of carbonyl (C=O) groups is 1. The minimum atomic E-state index is -1.13. The third-order valence-electron chi connectivity index (χ3n) is 7.95. The van der Waals surface area contributed by atoms with Gasteiger partial charge >= 0.3 is 0 Å². The van der Waals surface area contributed by atoms with E-state index in [-0.39, 0.29) is 29.7 Å². The van der Waals surface area contributed by atoms with Gasteiger partial charge in [-0.15, -0.1) is 0 Å². The average molecular weight is 581 g/mol. The summed E-state index contributed by atoms with van der Waals surface area (Å²) in [7, 11) is 0. The first-order chi connectivity index (χ1) is 20.2. The van der Waals surface area contributed by atoms with Gasteiger partial charge in [0.2, 0.25) is 11.9 Å². The highest BCUT2D eigenvalue weighted by molar-refractivity contribution is 5.94. The van der Waals surface area contributed by atoms with Crippen LogP contribution in [0, 0.1) is 29.3 Å². The van der Waals surface area contributed by atoms with Crippen LogP contribution in [0.4, 0.5) is 36.2 Å². The van der Waals surface area contributed by atoms with Crippen LogP contribution < -0.4 is 27.0 Å². The lowest BCUT2D eigenvalue weighted by molar-refractivity contribution is -0.122. The van der Waals surface area contributed by atoms with Crippen molar-refractivity contribution in [3.05, 3.63) is 71.8 Å². The number of benzene rings is 2. The summed E-state index contributed by atoms with van der Waals surface area (Å²) in [6.45, 7) is 1.77. The number of guanidine groups is 1. The Balaban J connectivity index is 1.35. The fourth-order valence-corrected chi connectivity index (χ4v) is 5.75. The fraction of sp³-hybridized carbons (Fsp3) is 0.400. The van der Waals surface area contributed by atoms with E-state index in [1.165, 1.54) is 11.9 Å². The highest BCUT2D eigenvalue weighted by Crippen LogP contribution is 2.33. The first-order valence-electron chi connectivity index (χ1n) is 14.2. The maximum Gasteiger partial charge on any atom is 0.223 e. The molecule has 3 aromatic rings. The van der Waals surface area contributed by atoms with E-state index in [1.54, 1.807) is 0 Å². The summed E-state index contributed by atoms with van der Waals surface area (Å²) in [5.74, 6) is -3.31. The quantitative estimate of drug-likeness (QED) is 0.221. The van der Waals surface area contributed by atoms with Crippen LogP contribution in [0.2, 0.25) is 0 Å². The number of hydrogen-bond acceptors (Lipinski definition) is 6. The Kier molecular flexibility index (Phi) is 9.09. The second kappa shape index (κ2) is 13.1. The summed E-state index contributed by atoms with van der Waals surface area (Å²) in [5.41, 5.74) is 13.0.